The molecule has 2 unspecified atom stereocenters. The van der Waals surface area contributed by atoms with Crippen LogP contribution in [0.3, 0.4) is 0 Å². The highest BCUT2D eigenvalue weighted by Gasteiger charge is 2.42. The lowest BCUT2D eigenvalue weighted by atomic mass is 9.96. The molecule has 6 nitrogen and oxygen atoms in total. The number of aryl methyl sites for hydroxylation is 1. The van der Waals surface area contributed by atoms with Crippen LogP contribution >= 0.6 is 12.2 Å². The van der Waals surface area contributed by atoms with E-state index in [2.05, 4.69) is 77.8 Å². The van der Waals surface area contributed by atoms with Crippen LogP contribution in [-0.2, 0) is 4.74 Å². The van der Waals surface area contributed by atoms with E-state index in [9.17, 15) is 4.79 Å². The van der Waals surface area contributed by atoms with Gasteiger partial charge in [0.15, 0.2) is 5.11 Å². The highest BCUT2D eigenvalue weighted by molar-refractivity contribution is 7.80. The second-order valence-electron chi connectivity index (χ2n) is 9.94. The van der Waals surface area contributed by atoms with E-state index in [1.54, 1.807) is 12.1 Å². The third-order valence-corrected chi connectivity index (χ3v) is 7.59. The molecule has 38 heavy (non-hydrogen) atoms. The zero-order valence-electron chi connectivity index (χ0n) is 22.3. The van der Waals surface area contributed by atoms with Crippen molar-refractivity contribution in [2.24, 2.45) is 0 Å². The average molecular weight is 525 g/mol. The normalized spacial score (nSPS) is 17.1. The van der Waals surface area contributed by atoms with Gasteiger partial charge >= 0.3 is 5.97 Å². The van der Waals surface area contributed by atoms with Crippen molar-refractivity contribution in [2.45, 2.75) is 45.7 Å². The summed E-state index contributed by atoms with van der Waals surface area (Å²) >= 11 is 5.92. The van der Waals surface area contributed by atoms with Gasteiger partial charge in [-0.2, -0.15) is 0 Å². The molecule has 1 saturated heterocycles. The number of nitrogens with one attached hydrogen (secondary N) is 1. The van der Waals surface area contributed by atoms with E-state index in [0.717, 1.165) is 34.0 Å². The molecule has 1 fully saturated rings. The number of hydrogen-bond donors (Lipinski definition) is 1. The number of hydrogen-bond acceptors (Lipinski definition) is 4. The topological polar surface area (TPSA) is 59.4 Å². The summed E-state index contributed by atoms with van der Waals surface area (Å²) in [5.41, 5.74) is 8.14. The van der Waals surface area contributed by atoms with Gasteiger partial charge in [0.2, 0.25) is 0 Å². The number of nitrogens with zero attached hydrogens (tertiary/aromatic N) is 3. The second-order valence-corrected chi connectivity index (χ2v) is 10.3. The van der Waals surface area contributed by atoms with Gasteiger partial charge in [0.25, 0.3) is 0 Å². The van der Waals surface area contributed by atoms with Crippen LogP contribution in [0.2, 0.25) is 0 Å². The molecule has 0 saturated carbocycles. The number of thiocarbonyl (C=S) groups is 1. The lowest BCUT2D eigenvalue weighted by molar-refractivity contribution is 0.0600. The summed E-state index contributed by atoms with van der Waals surface area (Å²) in [5, 5.41) is 4.24. The average Bonchev–Trinajstić information content (AvgIpc) is 3.43. The van der Waals surface area contributed by atoms with Crippen molar-refractivity contribution in [1.82, 2.24) is 14.9 Å². The van der Waals surface area contributed by atoms with Crippen molar-refractivity contribution < 1.29 is 9.53 Å². The van der Waals surface area contributed by atoms with Gasteiger partial charge < -0.3 is 19.5 Å². The number of esters is 1. The van der Waals surface area contributed by atoms with E-state index in [0.29, 0.717) is 16.6 Å². The van der Waals surface area contributed by atoms with Gasteiger partial charge in [-0.3, -0.25) is 4.98 Å². The lowest BCUT2D eigenvalue weighted by Crippen LogP contribution is -2.29. The summed E-state index contributed by atoms with van der Waals surface area (Å²) < 4.78 is 7.08. The van der Waals surface area contributed by atoms with Crippen molar-refractivity contribution in [2.75, 3.05) is 12.0 Å². The molecule has 2 aromatic heterocycles. The molecule has 0 radical (unpaired) electrons. The Morgan fingerprint density at radius 2 is 1.68 bits per heavy atom. The fourth-order valence-corrected chi connectivity index (χ4v) is 5.66. The van der Waals surface area contributed by atoms with Crippen molar-refractivity contribution in [3.05, 3.63) is 113 Å². The van der Waals surface area contributed by atoms with Crippen molar-refractivity contribution in [1.29, 1.82) is 0 Å². The Labute approximate surface area is 229 Å². The maximum Gasteiger partial charge on any atom is 0.337 e. The summed E-state index contributed by atoms with van der Waals surface area (Å²) in [6.45, 7) is 8.63. The SMILES string of the molecule is COC(=O)c1ccc(-n2c(C)cc(C3C(c4ccccn4)NC(=S)N3c3ccc(C(C)C)cc3)c2C)cc1. The van der Waals surface area contributed by atoms with Crippen LogP contribution in [0.15, 0.2) is 79.0 Å². The van der Waals surface area contributed by atoms with Crippen LogP contribution in [-0.4, -0.2) is 27.7 Å². The number of rotatable bonds is 6. The molecule has 194 valence electrons. The predicted molar refractivity (Wildman–Crippen MR) is 155 cm³/mol. The summed E-state index contributed by atoms with van der Waals surface area (Å²) in [5.74, 6) is 0.107. The number of anilines is 1. The Hall–Kier alpha value is -3.97. The minimum Gasteiger partial charge on any atom is -0.465 e. The molecule has 0 aliphatic carbocycles. The molecule has 2 aromatic carbocycles. The summed E-state index contributed by atoms with van der Waals surface area (Å²) in [4.78, 5) is 18.8. The molecule has 0 spiro atoms. The quantitative estimate of drug-likeness (QED) is 0.227. The largest absolute Gasteiger partial charge is 0.465 e. The van der Waals surface area contributed by atoms with Gasteiger partial charge in [0.05, 0.1) is 30.5 Å². The number of methoxy groups -OCH3 is 1. The summed E-state index contributed by atoms with van der Waals surface area (Å²) in [6.07, 6.45) is 1.82. The molecule has 1 N–H and O–H groups in total. The van der Waals surface area contributed by atoms with Gasteiger partial charge in [-0.05, 0) is 97.7 Å². The van der Waals surface area contributed by atoms with E-state index in [1.165, 1.54) is 12.7 Å². The molecule has 4 aromatic rings. The van der Waals surface area contributed by atoms with Gasteiger partial charge in [-0.15, -0.1) is 0 Å². The lowest BCUT2D eigenvalue weighted by Gasteiger charge is -2.28. The number of pyridine rings is 1. The molecule has 7 heteroatoms. The smallest absolute Gasteiger partial charge is 0.337 e. The molecular weight excluding hydrogens is 492 g/mol. The summed E-state index contributed by atoms with van der Waals surface area (Å²) in [7, 11) is 1.39. The monoisotopic (exact) mass is 524 g/mol. The van der Waals surface area contributed by atoms with Crippen LogP contribution < -0.4 is 10.2 Å². The highest BCUT2D eigenvalue weighted by Crippen LogP contribution is 2.44. The Kier molecular flexibility index (Phi) is 7.04. The third-order valence-electron chi connectivity index (χ3n) is 7.27. The fourth-order valence-electron chi connectivity index (χ4n) is 5.32. The molecule has 1 aliphatic heterocycles. The van der Waals surface area contributed by atoms with E-state index >= 15 is 0 Å². The zero-order valence-corrected chi connectivity index (χ0v) is 23.1. The number of aromatic nitrogens is 2. The van der Waals surface area contributed by atoms with Crippen LogP contribution in [0.4, 0.5) is 5.69 Å². The summed E-state index contributed by atoms with van der Waals surface area (Å²) in [6, 6.07) is 24.2. The second kappa shape index (κ2) is 10.4. The molecule has 2 atom stereocenters. The zero-order chi connectivity index (χ0) is 27.0. The van der Waals surface area contributed by atoms with Gasteiger partial charge in [0, 0.05) is 29.0 Å². The molecule has 1 aliphatic rings. The van der Waals surface area contributed by atoms with Crippen LogP contribution in [0.5, 0.6) is 0 Å². The minimum absolute atomic E-state index is 0.100. The van der Waals surface area contributed by atoms with Crippen molar-refractivity contribution >= 4 is 29.0 Å². The van der Waals surface area contributed by atoms with E-state index in [1.807, 2.05) is 36.5 Å². The Morgan fingerprint density at radius 3 is 2.29 bits per heavy atom. The number of benzene rings is 2. The van der Waals surface area contributed by atoms with Crippen molar-refractivity contribution in [3.63, 3.8) is 0 Å². The molecule has 5 rings (SSSR count). The Balaban J connectivity index is 1.61. The fraction of sp³-hybridized carbons (Fsp3) is 0.258. The van der Waals surface area contributed by atoms with Crippen LogP contribution in [0.1, 0.15) is 70.4 Å². The van der Waals surface area contributed by atoms with Crippen LogP contribution in [0, 0.1) is 13.8 Å². The van der Waals surface area contributed by atoms with E-state index in [-0.39, 0.29) is 18.1 Å². The standard InChI is InChI=1S/C31H32N4O2S/c1-19(2)22-9-13-25(14-10-22)35-29(28(33-31(35)38)27-8-6-7-17-32-27)26-18-20(3)34(21(26)4)24-15-11-23(12-16-24)30(36)37-5/h6-19,28-29H,1-5H3,(H,33,38). The van der Waals surface area contributed by atoms with Crippen molar-refractivity contribution in [3.8, 4) is 5.69 Å². The molecular formula is C31H32N4O2S. The maximum atomic E-state index is 11.9. The first-order valence-corrected chi connectivity index (χ1v) is 13.2. The number of ether oxygens (including phenoxy) is 1. The van der Waals surface area contributed by atoms with E-state index in [4.69, 9.17) is 17.0 Å². The van der Waals surface area contributed by atoms with Crippen LogP contribution in [0.25, 0.3) is 5.69 Å². The third kappa shape index (κ3) is 4.58. The Morgan fingerprint density at radius 1 is 1.00 bits per heavy atom. The molecule has 0 bridgehead atoms. The number of carbonyl (C=O) groups excluding carboxylic acids is 1. The molecule has 0 amide bonds. The minimum atomic E-state index is -0.346. The molecule has 3 heterocycles. The van der Waals surface area contributed by atoms with Gasteiger partial charge in [-0.1, -0.05) is 32.0 Å². The van der Waals surface area contributed by atoms with Gasteiger partial charge in [0.1, 0.15) is 0 Å². The first kappa shape index (κ1) is 25.7. The highest BCUT2D eigenvalue weighted by atomic mass is 32.1. The Bertz CT molecular complexity index is 1460. The number of carbonyl (C=O) groups is 1. The maximum absolute atomic E-state index is 11.9. The first-order valence-electron chi connectivity index (χ1n) is 12.8. The predicted octanol–water partition coefficient (Wildman–Crippen LogP) is 6.58. The van der Waals surface area contributed by atoms with E-state index < -0.39 is 0 Å². The van der Waals surface area contributed by atoms with Gasteiger partial charge in [-0.25, -0.2) is 4.79 Å². The first-order chi connectivity index (χ1) is 18.3.